The fourth-order valence-electron chi connectivity index (χ4n) is 1.66. The summed E-state index contributed by atoms with van der Waals surface area (Å²) in [5.41, 5.74) is -0.724. The van der Waals surface area contributed by atoms with Gasteiger partial charge in [0.25, 0.3) is 5.91 Å². The first-order valence-electron chi connectivity index (χ1n) is 5.55. The van der Waals surface area contributed by atoms with Gasteiger partial charge < -0.3 is 10.6 Å². The summed E-state index contributed by atoms with van der Waals surface area (Å²) in [6.07, 6.45) is 0.333. The van der Waals surface area contributed by atoms with E-state index in [1.165, 1.54) is 18.2 Å². The van der Waals surface area contributed by atoms with Crippen LogP contribution < -0.4 is 10.6 Å². The second-order valence-electron chi connectivity index (χ2n) is 3.93. The van der Waals surface area contributed by atoms with Crippen molar-refractivity contribution in [2.75, 3.05) is 11.9 Å². The van der Waals surface area contributed by atoms with Crippen LogP contribution in [0.25, 0.3) is 0 Å². The summed E-state index contributed by atoms with van der Waals surface area (Å²) in [5.74, 6) is -0.548. The Labute approximate surface area is 107 Å². The van der Waals surface area contributed by atoms with Gasteiger partial charge in [0.05, 0.1) is 11.3 Å². The number of dihydropyridines is 1. The highest BCUT2D eigenvalue weighted by molar-refractivity contribution is 6.04. The molecule has 1 amide bonds. The molecule has 3 nitrogen and oxygen atoms in total. The number of rotatable bonds is 2. The quantitative estimate of drug-likeness (QED) is 0.865. The molecule has 2 N–H and O–H groups in total. The van der Waals surface area contributed by atoms with Gasteiger partial charge in [0.2, 0.25) is 0 Å². The maximum atomic E-state index is 12.8. The summed E-state index contributed by atoms with van der Waals surface area (Å²) >= 11 is 0. The fraction of sp³-hybridized carbons (Fsp3) is 0.154. The lowest BCUT2D eigenvalue weighted by Crippen LogP contribution is -2.25. The van der Waals surface area contributed by atoms with Gasteiger partial charge in [-0.15, -0.1) is 0 Å². The molecule has 0 aromatic heterocycles. The van der Waals surface area contributed by atoms with Gasteiger partial charge in [-0.1, -0.05) is 18.2 Å². The van der Waals surface area contributed by atoms with E-state index in [0.29, 0.717) is 5.57 Å². The Morgan fingerprint density at radius 2 is 2.00 bits per heavy atom. The van der Waals surface area contributed by atoms with Crippen LogP contribution in [-0.4, -0.2) is 12.5 Å². The summed E-state index contributed by atoms with van der Waals surface area (Å²) in [5, 5.41) is 5.10. The van der Waals surface area contributed by atoms with E-state index in [-0.39, 0.29) is 12.2 Å². The zero-order valence-electron chi connectivity index (χ0n) is 9.79. The molecule has 0 aliphatic carbocycles. The summed E-state index contributed by atoms with van der Waals surface area (Å²) in [6.45, 7) is 0.288. The molecule has 0 saturated carbocycles. The van der Waals surface area contributed by atoms with E-state index in [4.69, 9.17) is 0 Å². The van der Waals surface area contributed by atoms with E-state index >= 15 is 0 Å². The van der Waals surface area contributed by atoms with Crippen molar-refractivity contribution in [3.8, 4) is 0 Å². The van der Waals surface area contributed by atoms with Crippen molar-refractivity contribution in [2.24, 2.45) is 0 Å². The van der Waals surface area contributed by atoms with Gasteiger partial charge in [-0.3, -0.25) is 4.79 Å². The van der Waals surface area contributed by atoms with E-state index in [1.54, 1.807) is 18.4 Å². The van der Waals surface area contributed by atoms with E-state index in [0.717, 1.165) is 6.07 Å². The third kappa shape index (κ3) is 3.15. The number of carbonyl (C=O) groups excluding carboxylic acids is 1. The Bertz CT molecular complexity index is 547. The molecule has 2 rings (SSSR count). The van der Waals surface area contributed by atoms with Gasteiger partial charge in [0.15, 0.2) is 0 Å². The Morgan fingerprint density at radius 1 is 1.26 bits per heavy atom. The maximum absolute atomic E-state index is 12.8. The minimum absolute atomic E-state index is 0.240. The lowest BCUT2D eigenvalue weighted by Gasteiger charge is -2.15. The number of hydrogen-bond acceptors (Lipinski definition) is 2. The van der Waals surface area contributed by atoms with Crippen molar-refractivity contribution in [2.45, 2.75) is 6.18 Å². The van der Waals surface area contributed by atoms with Crippen LogP contribution in [0.4, 0.5) is 18.9 Å². The lowest BCUT2D eigenvalue weighted by atomic mass is 10.1. The van der Waals surface area contributed by atoms with Crippen molar-refractivity contribution in [1.29, 1.82) is 0 Å². The molecule has 19 heavy (non-hydrogen) atoms. The molecule has 1 heterocycles. The van der Waals surface area contributed by atoms with Crippen LogP contribution in [-0.2, 0) is 11.0 Å². The summed E-state index contributed by atoms with van der Waals surface area (Å²) in [4.78, 5) is 11.8. The number of amides is 1. The molecule has 0 atom stereocenters. The first-order valence-corrected chi connectivity index (χ1v) is 5.55. The van der Waals surface area contributed by atoms with Crippen molar-refractivity contribution < 1.29 is 18.0 Å². The monoisotopic (exact) mass is 268 g/mol. The fourth-order valence-corrected chi connectivity index (χ4v) is 1.66. The number of alkyl halides is 3. The second kappa shape index (κ2) is 5.17. The number of benzene rings is 1. The number of allylic oxidation sites excluding steroid dienone is 2. The Hall–Kier alpha value is -2.24. The van der Waals surface area contributed by atoms with Crippen molar-refractivity contribution in [3.05, 3.63) is 53.8 Å². The summed E-state index contributed by atoms with van der Waals surface area (Å²) in [7, 11) is 0. The smallest absolute Gasteiger partial charge is 0.387 e. The van der Waals surface area contributed by atoms with Gasteiger partial charge >= 0.3 is 6.18 Å². The Balaban J connectivity index is 2.22. The van der Waals surface area contributed by atoms with Crippen LogP contribution in [0.2, 0.25) is 0 Å². The van der Waals surface area contributed by atoms with Gasteiger partial charge in [0, 0.05) is 12.1 Å². The second-order valence-corrected chi connectivity index (χ2v) is 3.93. The predicted molar refractivity (Wildman–Crippen MR) is 65.3 cm³/mol. The van der Waals surface area contributed by atoms with Crippen molar-refractivity contribution in [1.82, 2.24) is 5.32 Å². The van der Waals surface area contributed by atoms with Crippen LogP contribution in [0.15, 0.2) is 48.2 Å². The Kier molecular flexibility index (Phi) is 3.59. The minimum atomic E-state index is -4.50. The predicted octanol–water partition coefficient (Wildman–Crippen LogP) is 2.69. The first-order chi connectivity index (χ1) is 8.98. The van der Waals surface area contributed by atoms with Crippen LogP contribution in [0.1, 0.15) is 5.56 Å². The largest absolute Gasteiger partial charge is 0.418 e. The molecule has 1 aromatic rings. The van der Waals surface area contributed by atoms with Gasteiger partial charge in [0.1, 0.15) is 0 Å². The lowest BCUT2D eigenvalue weighted by molar-refractivity contribution is -0.137. The summed E-state index contributed by atoms with van der Waals surface area (Å²) in [6, 6.07) is 4.89. The maximum Gasteiger partial charge on any atom is 0.418 e. The zero-order valence-corrected chi connectivity index (χ0v) is 9.79. The van der Waals surface area contributed by atoms with E-state index in [9.17, 15) is 18.0 Å². The SMILES string of the molecule is O=C(Nc1ccccc1C(F)(F)F)C1=CC=CNC1. The van der Waals surface area contributed by atoms with E-state index in [2.05, 4.69) is 10.6 Å². The molecular formula is C13H11F3N2O. The zero-order chi connectivity index (χ0) is 13.9. The van der Waals surface area contributed by atoms with Gasteiger partial charge in [-0.05, 0) is 24.4 Å². The molecule has 1 aliphatic heterocycles. The van der Waals surface area contributed by atoms with Crippen molar-refractivity contribution in [3.63, 3.8) is 0 Å². The van der Waals surface area contributed by atoms with E-state index in [1.807, 2.05) is 0 Å². The average molecular weight is 268 g/mol. The normalized spacial score (nSPS) is 14.6. The highest BCUT2D eigenvalue weighted by Gasteiger charge is 2.33. The molecule has 0 spiro atoms. The molecule has 0 saturated heterocycles. The third-order valence-electron chi connectivity index (χ3n) is 2.58. The standard InChI is InChI=1S/C13H11F3N2O/c14-13(15,16)10-5-1-2-6-11(10)18-12(19)9-4-3-7-17-8-9/h1-7,17H,8H2,(H,18,19). The van der Waals surface area contributed by atoms with Crippen LogP contribution in [0, 0.1) is 0 Å². The number of hydrogen-bond donors (Lipinski definition) is 2. The topological polar surface area (TPSA) is 41.1 Å². The molecule has 1 aromatic carbocycles. The first kappa shape index (κ1) is 13.2. The highest BCUT2D eigenvalue weighted by Crippen LogP contribution is 2.34. The number of halogens is 3. The van der Waals surface area contributed by atoms with Crippen LogP contribution in [0.3, 0.4) is 0 Å². The Morgan fingerprint density at radius 3 is 2.63 bits per heavy atom. The van der Waals surface area contributed by atoms with Crippen LogP contribution >= 0.6 is 0 Å². The molecule has 100 valence electrons. The van der Waals surface area contributed by atoms with Crippen molar-refractivity contribution >= 4 is 11.6 Å². The van der Waals surface area contributed by atoms with E-state index < -0.39 is 17.6 Å². The molecule has 0 fully saturated rings. The third-order valence-corrected chi connectivity index (χ3v) is 2.58. The number of nitrogens with one attached hydrogen (secondary N) is 2. The molecule has 0 bridgehead atoms. The van der Waals surface area contributed by atoms with Gasteiger partial charge in [-0.25, -0.2) is 0 Å². The average Bonchev–Trinajstić information content (AvgIpc) is 2.39. The number of carbonyl (C=O) groups is 1. The minimum Gasteiger partial charge on any atom is -0.387 e. The molecule has 1 aliphatic rings. The molecule has 0 radical (unpaired) electrons. The summed E-state index contributed by atoms with van der Waals surface area (Å²) < 4.78 is 38.3. The highest BCUT2D eigenvalue weighted by atomic mass is 19.4. The molecule has 0 unspecified atom stereocenters. The van der Waals surface area contributed by atoms with Gasteiger partial charge in [-0.2, -0.15) is 13.2 Å². The number of anilines is 1. The molecular weight excluding hydrogens is 257 g/mol. The molecule has 6 heteroatoms. The van der Waals surface area contributed by atoms with Crippen LogP contribution in [0.5, 0.6) is 0 Å². The number of para-hydroxylation sites is 1.